The van der Waals surface area contributed by atoms with Crippen LogP contribution in [0.25, 0.3) is 6.08 Å². The summed E-state index contributed by atoms with van der Waals surface area (Å²) in [6, 6.07) is 24.8. The van der Waals surface area contributed by atoms with Crippen molar-refractivity contribution in [3.8, 4) is 11.5 Å². The first-order valence-corrected chi connectivity index (χ1v) is 14.9. The van der Waals surface area contributed by atoms with E-state index < -0.39 is 22.0 Å². The number of methoxy groups -OCH3 is 2. The Labute approximate surface area is 270 Å². The van der Waals surface area contributed by atoms with E-state index in [1.807, 2.05) is 0 Å². The molecule has 0 aromatic heterocycles. The minimum atomic E-state index is -0.561. The Hall–Kier alpha value is -5.62. The molecule has 4 rings (SSSR count). The average Bonchev–Trinajstić information content (AvgIpc) is 3.06. The van der Waals surface area contributed by atoms with Crippen LogP contribution in [0, 0.1) is 17.0 Å². The zero-order valence-electron chi connectivity index (χ0n) is 25.5. The molecule has 46 heavy (non-hydrogen) atoms. The van der Waals surface area contributed by atoms with Crippen molar-refractivity contribution < 1.29 is 28.8 Å². The van der Waals surface area contributed by atoms with E-state index in [0.29, 0.717) is 39.6 Å². The Bertz CT molecular complexity index is 1780. The summed E-state index contributed by atoms with van der Waals surface area (Å²) in [5.74, 6) is -0.273. The topological polar surface area (TPSA) is 149 Å². The van der Waals surface area contributed by atoms with E-state index in [2.05, 4.69) is 16.0 Å². The van der Waals surface area contributed by atoms with Crippen molar-refractivity contribution in [1.29, 1.82) is 0 Å². The summed E-state index contributed by atoms with van der Waals surface area (Å²) in [5.41, 5.74) is 2.41. The highest BCUT2D eigenvalue weighted by molar-refractivity contribution is 8.00. The number of nitro groups is 1. The van der Waals surface area contributed by atoms with Gasteiger partial charge in [-0.25, -0.2) is 0 Å². The number of amides is 3. The number of benzene rings is 4. The molecule has 11 nitrogen and oxygen atoms in total. The van der Waals surface area contributed by atoms with Gasteiger partial charge >= 0.3 is 0 Å². The van der Waals surface area contributed by atoms with Gasteiger partial charge in [0.05, 0.1) is 24.4 Å². The van der Waals surface area contributed by atoms with Crippen LogP contribution < -0.4 is 25.4 Å². The number of carbonyl (C=O) groups is 3. The van der Waals surface area contributed by atoms with E-state index in [0.717, 1.165) is 4.90 Å². The van der Waals surface area contributed by atoms with Crippen LogP contribution in [0.3, 0.4) is 0 Å². The third-order valence-electron chi connectivity index (χ3n) is 6.74. The fourth-order valence-electron chi connectivity index (χ4n) is 4.24. The molecular formula is C34H32N4O7S. The van der Waals surface area contributed by atoms with E-state index in [4.69, 9.17) is 9.47 Å². The highest BCUT2D eigenvalue weighted by Crippen LogP contribution is 2.29. The smallest absolute Gasteiger partial charge is 0.272 e. The molecule has 4 aromatic rings. The second kappa shape index (κ2) is 15.4. The predicted octanol–water partition coefficient (Wildman–Crippen LogP) is 6.45. The van der Waals surface area contributed by atoms with Crippen molar-refractivity contribution in [1.82, 2.24) is 5.32 Å². The van der Waals surface area contributed by atoms with E-state index in [1.54, 1.807) is 86.6 Å². The van der Waals surface area contributed by atoms with E-state index in [1.165, 1.54) is 50.3 Å². The summed E-state index contributed by atoms with van der Waals surface area (Å²) in [5, 5.41) is 18.8. The van der Waals surface area contributed by atoms with Gasteiger partial charge in [0.15, 0.2) is 0 Å². The molecule has 12 heteroatoms. The average molecular weight is 641 g/mol. The molecule has 3 amide bonds. The second-order valence-corrected chi connectivity index (χ2v) is 11.4. The first kappa shape index (κ1) is 33.3. The maximum absolute atomic E-state index is 13.5. The lowest BCUT2D eigenvalue weighted by Gasteiger charge is -2.15. The molecule has 0 aliphatic carbocycles. The lowest BCUT2D eigenvalue weighted by atomic mass is 10.1. The monoisotopic (exact) mass is 640 g/mol. The molecule has 236 valence electrons. The maximum Gasteiger partial charge on any atom is 0.272 e. The highest BCUT2D eigenvalue weighted by atomic mass is 32.2. The van der Waals surface area contributed by atoms with Crippen LogP contribution in [0.4, 0.5) is 17.1 Å². The Morgan fingerprint density at radius 2 is 1.61 bits per heavy atom. The largest absolute Gasteiger partial charge is 0.497 e. The molecule has 3 N–H and O–H groups in total. The van der Waals surface area contributed by atoms with E-state index in [-0.39, 0.29) is 17.3 Å². The minimum absolute atomic E-state index is 0.0115. The van der Waals surface area contributed by atoms with Gasteiger partial charge in [-0.3, -0.25) is 24.5 Å². The SMILES string of the molecule is COc1ccc(/C=C(\NC(=O)c2ccccc2)C(=O)Nc2ccc(SC(C)C(=O)Nc3ccc([N+](=O)[O-])cc3C)cc2)c(OC)c1. The fourth-order valence-corrected chi connectivity index (χ4v) is 5.11. The lowest BCUT2D eigenvalue weighted by Crippen LogP contribution is -2.30. The minimum Gasteiger partial charge on any atom is -0.497 e. The number of ether oxygens (including phenoxy) is 2. The molecule has 0 radical (unpaired) electrons. The summed E-state index contributed by atoms with van der Waals surface area (Å²) in [4.78, 5) is 50.6. The van der Waals surface area contributed by atoms with Crippen LogP contribution in [-0.4, -0.2) is 42.1 Å². The predicted molar refractivity (Wildman–Crippen MR) is 178 cm³/mol. The van der Waals surface area contributed by atoms with Crippen molar-refractivity contribution in [3.63, 3.8) is 0 Å². The molecule has 0 spiro atoms. The molecule has 0 saturated heterocycles. The number of nitrogens with one attached hydrogen (secondary N) is 3. The number of hydrogen-bond donors (Lipinski definition) is 3. The van der Waals surface area contributed by atoms with Gasteiger partial charge in [0, 0.05) is 45.6 Å². The Morgan fingerprint density at radius 1 is 0.891 bits per heavy atom. The summed E-state index contributed by atoms with van der Waals surface area (Å²) < 4.78 is 10.7. The number of rotatable bonds is 12. The summed E-state index contributed by atoms with van der Waals surface area (Å²) in [7, 11) is 3.03. The molecule has 4 aromatic carbocycles. The third-order valence-corrected chi connectivity index (χ3v) is 7.85. The molecular weight excluding hydrogens is 608 g/mol. The van der Waals surface area contributed by atoms with Crippen molar-refractivity contribution >= 4 is 52.6 Å². The van der Waals surface area contributed by atoms with E-state index in [9.17, 15) is 24.5 Å². The van der Waals surface area contributed by atoms with Gasteiger partial charge < -0.3 is 25.4 Å². The quantitative estimate of drug-likeness (QED) is 0.0693. The standard InChI is InChI=1S/C34H32N4O7S/c1-21-18-26(38(42)43)13-17-29(21)36-32(39)22(2)46-28-15-11-25(12-16-28)35-34(41)30(37-33(40)23-8-6-5-7-9-23)19-24-10-14-27(44-3)20-31(24)45-4/h5-20,22H,1-4H3,(H,35,41)(H,36,39)(H,37,40)/b30-19-. The van der Waals surface area contributed by atoms with Crippen LogP contribution in [-0.2, 0) is 9.59 Å². The van der Waals surface area contributed by atoms with Crippen LogP contribution >= 0.6 is 11.8 Å². The number of aryl methyl sites for hydroxylation is 1. The second-order valence-electron chi connectivity index (χ2n) is 9.97. The normalized spacial score (nSPS) is 11.6. The number of thioether (sulfide) groups is 1. The molecule has 0 bridgehead atoms. The van der Waals surface area contributed by atoms with Crippen LogP contribution in [0.15, 0.2) is 102 Å². The Morgan fingerprint density at radius 3 is 2.24 bits per heavy atom. The van der Waals surface area contributed by atoms with Gasteiger partial charge in [-0.15, -0.1) is 11.8 Å². The molecule has 0 saturated carbocycles. The Balaban J connectivity index is 1.47. The summed E-state index contributed by atoms with van der Waals surface area (Å²) >= 11 is 1.31. The number of hydrogen-bond acceptors (Lipinski definition) is 8. The maximum atomic E-state index is 13.5. The van der Waals surface area contributed by atoms with Gasteiger partial charge in [0.25, 0.3) is 17.5 Å². The molecule has 0 fully saturated rings. The molecule has 1 atom stereocenters. The number of anilines is 2. The van der Waals surface area contributed by atoms with Crippen molar-refractivity contribution in [2.45, 2.75) is 24.0 Å². The van der Waals surface area contributed by atoms with E-state index >= 15 is 0 Å². The lowest BCUT2D eigenvalue weighted by molar-refractivity contribution is -0.384. The third kappa shape index (κ3) is 8.73. The van der Waals surface area contributed by atoms with Crippen molar-refractivity contribution in [3.05, 3.63) is 123 Å². The van der Waals surface area contributed by atoms with Gasteiger partial charge in [-0.1, -0.05) is 18.2 Å². The van der Waals surface area contributed by atoms with Crippen molar-refractivity contribution in [2.24, 2.45) is 0 Å². The molecule has 1 unspecified atom stereocenters. The molecule has 0 aliphatic heterocycles. The fraction of sp³-hybridized carbons (Fsp3) is 0.147. The first-order chi connectivity index (χ1) is 22.1. The summed E-state index contributed by atoms with van der Waals surface area (Å²) in [6.07, 6.45) is 1.52. The number of carbonyl (C=O) groups excluding carboxylic acids is 3. The number of nitro benzene ring substituents is 1. The number of non-ortho nitro benzene ring substituents is 1. The van der Waals surface area contributed by atoms with Gasteiger partial charge in [0.2, 0.25) is 5.91 Å². The van der Waals surface area contributed by atoms with Crippen LogP contribution in [0.5, 0.6) is 11.5 Å². The van der Waals surface area contributed by atoms with Gasteiger partial charge in [-0.2, -0.15) is 0 Å². The zero-order valence-corrected chi connectivity index (χ0v) is 26.3. The molecule has 0 aliphatic rings. The zero-order chi connectivity index (χ0) is 33.2. The van der Waals surface area contributed by atoms with Crippen LogP contribution in [0.1, 0.15) is 28.4 Å². The van der Waals surface area contributed by atoms with Crippen molar-refractivity contribution in [2.75, 3.05) is 24.9 Å². The highest BCUT2D eigenvalue weighted by Gasteiger charge is 2.19. The molecule has 0 heterocycles. The summed E-state index contributed by atoms with van der Waals surface area (Å²) in [6.45, 7) is 3.44. The van der Waals surface area contributed by atoms with Crippen LogP contribution in [0.2, 0.25) is 0 Å². The van der Waals surface area contributed by atoms with Gasteiger partial charge in [-0.05, 0) is 80.1 Å². The Kier molecular flexibility index (Phi) is 11.1. The van der Waals surface area contributed by atoms with Gasteiger partial charge in [0.1, 0.15) is 17.2 Å². The first-order valence-electron chi connectivity index (χ1n) is 14.0. The number of nitrogens with zero attached hydrogens (tertiary/aromatic N) is 1.